The average molecular weight is 513 g/mol. The van der Waals surface area contributed by atoms with Gasteiger partial charge in [0.15, 0.2) is 5.66 Å². The van der Waals surface area contributed by atoms with Gasteiger partial charge in [-0.25, -0.2) is 19.2 Å². The van der Waals surface area contributed by atoms with Crippen molar-refractivity contribution in [2.45, 2.75) is 38.6 Å². The van der Waals surface area contributed by atoms with Crippen LogP contribution in [-0.4, -0.2) is 43.6 Å². The van der Waals surface area contributed by atoms with E-state index in [4.69, 9.17) is 16.3 Å². The number of anilines is 2. The van der Waals surface area contributed by atoms with Crippen LogP contribution in [0.25, 0.3) is 0 Å². The Balaban J connectivity index is 1.71. The third kappa shape index (κ3) is 3.95. The molecule has 2 amide bonds. The van der Waals surface area contributed by atoms with Gasteiger partial charge in [0, 0.05) is 18.3 Å². The number of hydrogen-bond donors (Lipinski definition) is 2. The smallest absolute Gasteiger partial charge is 0.410 e. The lowest BCUT2D eigenvalue weighted by Gasteiger charge is -2.42. The number of carbonyl (C=O) groups is 2. The Kier molecular flexibility index (Phi) is 5.47. The number of ether oxygens (including phenoxy) is 1. The second-order valence-corrected chi connectivity index (χ2v) is 9.97. The normalized spacial score (nSPS) is 18.5. The highest BCUT2D eigenvalue weighted by atomic mass is 35.5. The van der Waals surface area contributed by atoms with Gasteiger partial charge in [-0.2, -0.15) is 0 Å². The summed E-state index contributed by atoms with van der Waals surface area (Å²) in [5.74, 6) is -0.863. The van der Waals surface area contributed by atoms with E-state index in [9.17, 15) is 18.8 Å². The van der Waals surface area contributed by atoms with Crippen molar-refractivity contribution >= 4 is 35.1 Å². The van der Waals surface area contributed by atoms with E-state index >= 15 is 0 Å². The molecule has 10 nitrogen and oxygen atoms in total. The van der Waals surface area contributed by atoms with Crippen LogP contribution in [0.4, 0.5) is 20.7 Å². The summed E-state index contributed by atoms with van der Waals surface area (Å²) in [5.41, 5.74) is -2.21. The van der Waals surface area contributed by atoms with Crippen LogP contribution >= 0.6 is 11.6 Å². The predicted molar refractivity (Wildman–Crippen MR) is 129 cm³/mol. The molecule has 12 heteroatoms. The van der Waals surface area contributed by atoms with Crippen LogP contribution in [0, 0.1) is 5.82 Å². The van der Waals surface area contributed by atoms with Gasteiger partial charge in [-0.1, -0.05) is 17.7 Å². The van der Waals surface area contributed by atoms with Crippen molar-refractivity contribution in [1.29, 1.82) is 0 Å². The molecular formula is C24H22ClFN6O4. The van der Waals surface area contributed by atoms with Crippen LogP contribution in [-0.2, 0) is 16.9 Å². The molecule has 0 aliphatic carbocycles. The van der Waals surface area contributed by atoms with Gasteiger partial charge in [0.05, 0.1) is 11.6 Å². The number of hydrogen-bond acceptors (Lipinski definition) is 7. The summed E-state index contributed by atoms with van der Waals surface area (Å²) in [5, 5.41) is 5.69. The minimum atomic E-state index is -1.62. The Hall–Kier alpha value is -3.99. The van der Waals surface area contributed by atoms with Gasteiger partial charge in [-0.05, 0) is 50.6 Å². The molecule has 1 aromatic carbocycles. The molecule has 2 aliphatic heterocycles. The summed E-state index contributed by atoms with van der Waals surface area (Å²) < 4.78 is 21.2. The summed E-state index contributed by atoms with van der Waals surface area (Å²) >= 11 is 6.48. The van der Waals surface area contributed by atoms with E-state index in [1.54, 1.807) is 26.8 Å². The monoisotopic (exact) mass is 512 g/mol. The van der Waals surface area contributed by atoms with Crippen molar-refractivity contribution in [3.63, 3.8) is 0 Å². The molecule has 0 radical (unpaired) electrons. The number of rotatable bonds is 2. The summed E-state index contributed by atoms with van der Waals surface area (Å²) in [7, 11) is 0. The number of nitrogens with one attached hydrogen (secondary N) is 2. The lowest BCUT2D eigenvalue weighted by molar-refractivity contribution is 0.0122. The molecule has 186 valence electrons. The molecule has 2 aliphatic rings. The van der Waals surface area contributed by atoms with Crippen LogP contribution in [0.1, 0.15) is 42.4 Å². The molecule has 5 rings (SSSR count). The molecule has 1 spiro atoms. The van der Waals surface area contributed by atoms with Crippen molar-refractivity contribution < 1.29 is 18.7 Å². The molecule has 1 unspecified atom stereocenters. The lowest BCUT2D eigenvalue weighted by Crippen LogP contribution is -2.59. The van der Waals surface area contributed by atoms with Crippen molar-refractivity contribution in [2.75, 3.05) is 11.9 Å². The van der Waals surface area contributed by atoms with Gasteiger partial charge >= 0.3 is 6.09 Å². The minimum absolute atomic E-state index is 0.00660. The first kappa shape index (κ1) is 23.7. The number of pyridine rings is 1. The molecule has 36 heavy (non-hydrogen) atoms. The largest absolute Gasteiger partial charge is 0.444 e. The number of benzene rings is 1. The molecule has 2 N–H and O–H groups in total. The van der Waals surface area contributed by atoms with Gasteiger partial charge in [-0.3, -0.25) is 19.1 Å². The second-order valence-electron chi connectivity index (χ2n) is 9.57. The maximum absolute atomic E-state index is 14.5. The molecule has 0 bridgehead atoms. The molecule has 1 atom stereocenters. The summed E-state index contributed by atoms with van der Waals surface area (Å²) in [6.45, 7) is 5.10. The first-order valence-electron chi connectivity index (χ1n) is 11.1. The fourth-order valence-electron chi connectivity index (χ4n) is 4.50. The van der Waals surface area contributed by atoms with E-state index < -0.39 is 34.6 Å². The molecule has 3 aromatic rings. The van der Waals surface area contributed by atoms with Crippen LogP contribution in [0.5, 0.6) is 0 Å². The van der Waals surface area contributed by atoms with E-state index in [0.717, 1.165) is 0 Å². The Labute approximate surface area is 210 Å². The van der Waals surface area contributed by atoms with Crippen LogP contribution in [0.15, 0.2) is 47.7 Å². The molecular weight excluding hydrogens is 491 g/mol. The standard InChI is InChI=1S/C24H22ClFN6O4/c1-23(2,3)36-22(35)31-10-13-4-5-14(26)8-15(13)24(11-31)30-20(33)19-16(25)9-17(21(34)32(19)24)29-18-6-7-27-12-28-18/h4-9,12H,10-11H2,1-3H3,(H,30,33)(H,27,28,29). The molecule has 4 heterocycles. The minimum Gasteiger partial charge on any atom is -0.444 e. The summed E-state index contributed by atoms with van der Waals surface area (Å²) in [6, 6.07) is 6.91. The van der Waals surface area contributed by atoms with E-state index in [0.29, 0.717) is 16.9 Å². The Bertz CT molecular complexity index is 1460. The number of amides is 2. The van der Waals surface area contributed by atoms with Gasteiger partial charge in [-0.15, -0.1) is 0 Å². The first-order chi connectivity index (χ1) is 17.0. The van der Waals surface area contributed by atoms with E-state index in [1.807, 2.05) is 0 Å². The zero-order valence-corrected chi connectivity index (χ0v) is 20.4. The number of carbonyl (C=O) groups excluding carboxylic acids is 2. The Morgan fingerprint density at radius 1 is 1.25 bits per heavy atom. The molecule has 0 fully saturated rings. The summed E-state index contributed by atoms with van der Waals surface area (Å²) in [4.78, 5) is 49.3. The van der Waals surface area contributed by atoms with Gasteiger partial charge in [0.25, 0.3) is 11.5 Å². The van der Waals surface area contributed by atoms with E-state index in [1.165, 1.54) is 46.3 Å². The third-order valence-corrected chi connectivity index (χ3v) is 6.15. The quantitative estimate of drug-likeness (QED) is 0.540. The highest BCUT2D eigenvalue weighted by Gasteiger charge is 2.52. The SMILES string of the molecule is CC(C)(C)OC(=O)N1Cc2ccc(F)cc2C2(C1)NC(=O)c1c(Cl)cc(Nc3ccncn3)c(=O)n12. The first-order valence-corrected chi connectivity index (χ1v) is 11.4. The zero-order valence-electron chi connectivity index (χ0n) is 19.6. The summed E-state index contributed by atoms with van der Waals surface area (Å²) in [6.07, 6.45) is 2.15. The van der Waals surface area contributed by atoms with Gasteiger partial charge < -0.3 is 15.4 Å². The Morgan fingerprint density at radius 3 is 2.72 bits per heavy atom. The van der Waals surface area contributed by atoms with Gasteiger partial charge in [0.2, 0.25) is 0 Å². The Morgan fingerprint density at radius 2 is 2.03 bits per heavy atom. The van der Waals surface area contributed by atoms with Crippen LogP contribution in [0.2, 0.25) is 5.02 Å². The van der Waals surface area contributed by atoms with Crippen molar-refractivity contribution in [1.82, 2.24) is 24.8 Å². The van der Waals surface area contributed by atoms with E-state index in [2.05, 4.69) is 20.6 Å². The predicted octanol–water partition coefficient (Wildman–Crippen LogP) is 3.37. The number of nitrogens with zero attached hydrogens (tertiary/aromatic N) is 4. The topological polar surface area (TPSA) is 118 Å². The highest BCUT2D eigenvalue weighted by Crippen LogP contribution is 2.39. The van der Waals surface area contributed by atoms with Crippen molar-refractivity contribution in [3.8, 4) is 0 Å². The van der Waals surface area contributed by atoms with Crippen molar-refractivity contribution in [3.05, 3.63) is 80.9 Å². The molecule has 0 saturated carbocycles. The third-order valence-electron chi connectivity index (χ3n) is 5.87. The van der Waals surface area contributed by atoms with Crippen LogP contribution in [0.3, 0.4) is 0 Å². The number of aromatic nitrogens is 3. The van der Waals surface area contributed by atoms with Gasteiger partial charge in [0.1, 0.15) is 34.9 Å². The number of fused-ring (bicyclic) bond motifs is 4. The lowest BCUT2D eigenvalue weighted by atomic mass is 9.89. The van der Waals surface area contributed by atoms with Crippen LogP contribution < -0.4 is 16.2 Å². The molecule has 2 aromatic heterocycles. The number of halogens is 2. The fraction of sp³-hybridized carbons (Fsp3) is 0.292. The highest BCUT2D eigenvalue weighted by molar-refractivity contribution is 6.34. The maximum atomic E-state index is 14.5. The maximum Gasteiger partial charge on any atom is 0.410 e. The second kappa shape index (κ2) is 8.30. The van der Waals surface area contributed by atoms with E-state index in [-0.39, 0.29) is 29.5 Å². The fourth-order valence-corrected chi connectivity index (χ4v) is 4.78. The zero-order chi connectivity index (χ0) is 25.8. The molecule has 0 saturated heterocycles. The van der Waals surface area contributed by atoms with Crippen molar-refractivity contribution in [2.24, 2.45) is 0 Å². The average Bonchev–Trinajstić information content (AvgIpc) is 3.10.